The molecule has 0 fully saturated rings. The number of ketones is 1. The molecule has 1 atom stereocenters. The fourth-order valence-corrected chi connectivity index (χ4v) is 3.12. The van der Waals surface area contributed by atoms with Crippen molar-refractivity contribution >= 4 is 15.8 Å². The molecular weight excluding hydrogens is 274 g/mol. The van der Waals surface area contributed by atoms with Crippen LogP contribution >= 0.6 is 0 Å². The van der Waals surface area contributed by atoms with E-state index in [1.807, 2.05) is 6.92 Å². The summed E-state index contributed by atoms with van der Waals surface area (Å²) in [6.07, 6.45) is 1.79. The van der Waals surface area contributed by atoms with E-state index in [4.69, 9.17) is 0 Å². The molecule has 20 heavy (non-hydrogen) atoms. The van der Waals surface area contributed by atoms with E-state index in [2.05, 4.69) is 18.6 Å². The summed E-state index contributed by atoms with van der Waals surface area (Å²) >= 11 is 0. The highest BCUT2D eigenvalue weighted by Crippen LogP contribution is 2.13. The fourth-order valence-electron chi connectivity index (χ4n) is 1.84. The van der Waals surface area contributed by atoms with Crippen LogP contribution in [0.4, 0.5) is 0 Å². The predicted octanol–water partition coefficient (Wildman–Crippen LogP) is 2.99. The number of carbonyl (C=O) groups is 1. The molecule has 1 aromatic rings. The number of Topliss-reactive ketones (excluding diaryl/α,β-unsaturated/α-hetero) is 1. The van der Waals surface area contributed by atoms with Gasteiger partial charge in [-0.1, -0.05) is 26.0 Å². The Hall–Kier alpha value is -1.20. The molecule has 0 bridgehead atoms. The first-order chi connectivity index (χ1) is 9.22. The molecule has 1 aromatic carbocycles. The van der Waals surface area contributed by atoms with Crippen molar-refractivity contribution in [3.63, 3.8) is 0 Å². The summed E-state index contributed by atoms with van der Waals surface area (Å²) in [6.45, 7) is 7.54. The van der Waals surface area contributed by atoms with Gasteiger partial charge in [-0.2, -0.15) is 0 Å². The van der Waals surface area contributed by atoms with Gasteiger partial charge in [0.1, 0.15) is 0 Å². The zero-order valence-electron chi connectivity index (χ0n) is 12.5. The first kappa shape index (κ1) is 16.9. The third kappa shape index (κ3) is 5.06. The molecule has 1 unspecified atom stereocenters. The Kier molecular flexibility index (Phi) is 5.89. The van der Waals surface area contributed by atoms with Crippen LogP contribution in [0.3, 0.4) is 0 Å². The molecule has 1 N–H and O–H groups in total. The van der Waals surface area contributed by atoms with Gasteiger partial charge in [0, 0.05) is 11.6 Å². The van der Waals surface area contributed by atoms with Gasteiger partial charge in [-0.3, -0.25) is 4.79 Å². The van der Waals surface area contributed by atoms with E-state index in [1.54, 1.807) is 0 Å². The maximum absolute atomic E-state index is 12.2. The lowest BCUT2D eigenvalue weighted by Gasteiger charge is -2.15. The molecule has 1 rings (SSSR count). The van der Waals surface area contributed by atoms with Crippen LogP contribution in [0.2, 0.25) is 0 Å². The quantitative estimate of drug-likeness (QED) is 0.787. The minimum Gasteiger partial charge on any atom is -0.295 e. The lowest BCUT2D eigenvalue weighted by Crippen LogP contribution is -2.32. The molecule has 0 aliphatic rings. The third-order valence-electron chi connectivity index (χ3n) is 3.10. The Labute approximate surface area is 121 Å². The van der Waals surface area contributed by atoms with Crippen LogP contribution in [0.1, 0.15) is 50.9 Å². The van der Waals surface area contributed by atoms with Gasteiger partial charge in [-0.15, -0.1) is 0 Å². The average molecular weight is 297 g/mol. The lowest BCUT2D eigenvalue weighted by atomic mass is 10.1. The van der Waals surface area contributed by atoms with Crippen LogP contribution in [0.25, 0.3) is 0 Å². The van der Waals surface area contributed by atoms with E-state index in [9.17, 15) is 13.2 Å². The summed E-state index contributed by atoms with van der Waals surface area (Å²) in [5.74, 6) is 0.476. The van der Waals surface area contributed by atoms with Crippen molar-refractivity contribution in [2.45, 2.75) is 51.5 Å². The standard InChI is InChI=1S/C15H23NO3S/c1-11(2)5-6-12(3)16-20(18,19)15-9-7-14(8-10-15)13(4)17/h7-12,16H,5-6H2,1-4H3. The predicted molar refractivity (Wildman–Crippen MR) is 80.3 cm³/mol. The number of hydrogen-bond acceptors (Lipinski definition) is 3. The molecule has 0 amide bonds. The van der Waals surface area contributed by atoms with E-state index in [1.165, 1.54) is 31.2 Å². The number of hydrogen-bond donors (Lipinski definition) is 1. The number of carbonyl (C=O) groups excluding carboxylic acids is 1. The van der Waals surface area contributed by atoms with Gasteiger partial charge < -0.3 is 0 Å². The highest BCUT2D eigenvalue weighted by Gasteiger charge is 2.17. The molecule has 5 heteroatoms. The minimum absolute atomic E-state index is 0.0767. The Morgan fingerprint density at radius 2 is 1.65 bits per heavy atom. The lowest BCUT2D eigenvalue weighted by molar-refractivity contribution is 0.101. The van der Waals surface area contributed by atoms with Crippen LogP contribution in [0, 0.1) is 5.92 Å². The van der Waals surface area contributed by atoms with Crippen molar-refractivity contribution in [2.24, 2.45) is 5.92 Å². The maximum atomic E-state index is 12.2. The van der Waals surface area contributed by atoms with Crippen LogP contribution in [-0.4, -0.2) is 20.2 Å². The Bertz CT molecular complexity index is 547. The molecule has 112 valence electrons. The average Bonchev–Trinajstić information content (AvgIpc) is 2.36. The third-order valence-corrected chi connectivity index (χ3v) is 4.71. The number of rotatable bonds is 7. The largest absolute Gasteiger partial charge is 0.295 e. The summed E-state index contributed by atoms with van der Waals surface area (Å²) in [4.78, 5) is 11.4. The van der Waals surface area contributed by atoms with Crippen LogP contribution in [0.5, 0.6) is 0 Å². The molecule has 0 aromatic heterocycles. The number of sulfonamides is 1. The molecule has 0 heterocycles. The van der Waals surface area contributed by atoms with Gasteiger partial charge >= 0.3 is 0 Å². The highest BCUT2D eigenvalue weighted by molar-refractivity contribution is 7.89. The molecule has 0 saturated carbocycles. The topological polar surface area (TPSA) is 63.2 Å². The van der Waals surface area contributed by atoms with Crippen molar-refractivity contribution in [1.82, 2.24) is 4.72 Å². The first-order valence-electron chi connectivity index (χ1n) is 6.85. The van der Waals surface area contributed by atoms with Crippen molar-refractivity contribution in [1.29, 1.82) is 0 Å². The van der Waals surface area contributed by atoms with Crippen LogP contribution in [-0.2, 0) is 10.0 Å². The second kappa shape index (κ2) is 6.99. The first-order valence-corrected chi connectivity index (χ1v) is 8.34. The normalized spacial score (nSPS) is 13.4. The molecular formula is C15H23NO3S. The van der Waals surface area contributed by atoms with Gasteiger partial charge in [0.05, 0.1) is 4.90 Å². The van der Waals surface area contributed by atoms with E-state index < -0.39 is 10.0 Å². The van der Waals surface area contributed by atoms with Crippen molar-refractivity contribution < 1.29 is 13.2 Å². The maximum Gasteiger partial charge on any atom is 0.240 e. The minimum atomic E-state index is -3.51. The monoisotopic (exact) mass is 297 g/mol. The van der Waals surface area contributed by atoms with E-state index >= 15 is 0 Å². The van der Waals surface area contributed by atoms with Crippen molar-refractivity contribution in [2.75, 3.05) is 0 Å². The van der Waals surface area contributed by atoms with Crippen molar-refractivity contribution in [3.05, 3.63) is 29.8 Å². The molecule has 0 aliphatic carbocycles. The SMILES string of the molecule is CC(=O)c1ccc(S(=O)(=O)NC(C)CCC(C)C)cc1. The summed E-state index contributed by atoms with van der Waals surface area (Å²) in [6, 6.07) is 5.91. The zero-order chi connectivity index (χ0) is 15.3. The Morgan fingerprint density at radius 1 is 1.10 bits per heavy atom. The zero-order valence-corrected chi connectivity index (χ0v) is 13.3. The van der Waals surface area contributed by atoms with Gasteiger partial charge in [-0.05, 0) is 44.7 Å². The Morgan fingerprint density at radius 3 is 2.10 bits per heavy atom. The summed E-state index contributed by atoms with van der Waals surface area (Å²) in [5.41, 5.74) is 0.511. The number of benzene rings is 1. The Balaban J connectivity index is 2.75. The van der Waals surface area contributed by atoms with Gasteiger partial charge in [0.15, 0.2) is 5.78 Å². The second-order valence-corrected chi connectivity index (χ2v) is 7.29. The van der Waals surface area contributed by atoms with E-state index in [0.29, 0.717) is 11.5 Å². The van der Waals surface area contributed by atoms with E-state index in [0.717, 1.165) is 12.8 Å². The second-order valence-electron chi connectivity index (χ2n) is 5.57. The smallest absolute Gasteiger partial charge is 0.240 e. The van der Waals surface area contributed by atoms with Crippen LogP contribution in [0.15, 0.2) is 29.2 Å². The summed E-state index contributed by atoms with van der Waals surface area (Å²) in [7, 11) is -3.51. The molecule has 4 nitrogen and oxygen atoms in total. The van der Waals surface area contributed by atoms with E-state index in [-0.39, 0.29) is 16.7 Å². The highest BCUT2D eigenvalue weighted by atomic mass is 32.2. The summed E-state index contributed by atoms with van der Waals surface area (Å²) < 4.78 is 27.0. The molecule has 0 aliphatic heterocycles. The van der Waals surface area contributed by atoms with Gasteiger partial charge in [0.25, 0.3) is 0 Å². The van der Waals surface area contributed by atoms with Crippen molar-refractivity contribution in [3.8, 4) is 0 Å². The van der Waals surface area contributed by atoms with Gasteiger partial charge in [0.2, 0.25) is 10.0 Å². The summed E-state index contributed by atoms with van der Waals surface area (Å²) in [5, 5.41) is 0. The fraction of sp³-hybridized carbons (Fsp3) is 0.533. The molecule has 0 saturated heterocycles. The van der Waals surface area contributed by atoms with Gasteiger partial charge in [-0.25, -0.2) is 13.1 Å². The molecule has 0 spiro atoms. The molecule has 0 radical (unpaired) electrons. The number of nitrogens with one attached hydrogen (secondary N) is 1. The van der Waals surface area contributed by atoms with Crippen LogP contribution < -0.4 is 4.72 Å².